The van der Waals surface area contributed by atoms with E-state index in [9.17, 15) is 13.2 Å². The summed E-state index contributed by atoms with van der Waals surface area (Å²) in [6.45, 7) is -0.542. The molecule has 2 nitrogen and oxygen atoms in total. The third kappa shape index (κ3) is 3.46. The van der Waals surface area contributed by atoms with E-state index in [4.69, 9.17) is 4.74 Å². The second-order valence-corrected chi connectivity index (χ2v) is 3.78. The molecule has 0 amide bonds. The van der Waals surface area contributed by atoms with E-state index in [1.165, 1.54) is 0 Å². The summed E-state index contributed by atoms with van der Waals surface area (Å²) in [5.74, 6) is 0. The molecule has 0 aliphatic heterocycles. The number of methoxy groups -OCH3 is 1. The molecule has 0 aromatic carbocycles. The summed E-state index contributed by atoms with van der Waals surface area (Å²) in [5.41, 5.74) is -0.140. The smallest absolute Gasteiger partial charge is 0.378 e. The Hall–Kier alpha value is -0.290. The van der Waals surface area contributed by atoms with Crippen molar-refractivity contribution >= 4 is 0 Å². The van der Waals surface area contributed by atoms with Crippen LogP contribution in [-0.2, 0) is 4.74 Å². The lowest BCUT2D eigenvalue weighted by Gasteiger charge is -2.40. The van der Waals surface area contributed by atoms with Crippen LogP contribution in [0.1, 0.15) is 25.7 Å². The Morgan fingerprint density at radius 1 is 1.36 bits per heavy atom. The van der Waals surface area contributed by atoms with Gasteiger partial charge < -0.3 is 10.1 Å². The van der Waals surface area contributed by atoms with Crippen LogP contribution in [0, 0.1) is 0 Å². The van der Waals surface area contributed by atoms with Crippen LogP contribution in [-0.4, -0.2) is 32.0 Å². The molecule has 0 saturated heterocycles. The monoisotopic (exact) mass is 211 g/mol. The Morgan fingerprint density at radius 3 is 2.36 bits per heavy atom. The summed E-state index contributed by atoms with van der Waals surface area (Å²) >= 11 is 0. The summed E-state index contributed by atoms with van der Waals surface area (Å²) in [6.07, 6.45) is -0.388. The molecule has 0 atom stereocenters. The predicted molar refractivity (Wildman–Crippen MR) is 47.1 cm³/mol. The summed E-state index contributed by atoms with van der Waals surface area (Å²) in [7, 11) is 1.63. The van der Waals surface area contributed by atoms with Gasteiger partial charge in [0.15, 0.2) is 0 Å². The van der Waals surface area contributed by atoms with Gasteiger partial charge in [0.25, 0.3) is 0 Å². The molecular formula is C9H16F3NO. The predicted octanol–water partition coefficient (Wildman–Crippen LogP) is 2.10. The van der Waals surface area contributed by atoms with E-state index >= 15 is 0 Å². The summed E-state index contributed by atoms with van der Waals surface area (Å²) in [4.78, 5) is 0. The molecule has 0 unspecified atom stereocenters. The molecule has 0 aromatic rings. The van der Waals surface area contributed by atoms with Gasteiger partial charge in [0.2, 0.25) is 0 Å². The molecule has 1 aliphatic rings. The van der Waals surface area contributed by atoms with Crippen molar-refractivity contribution in [3.8, 4) is 0 Å². The number of halogens is 3. The Balaban J connectivity index is 2.09. The maximum atomic E-state index is 11.8. The Labute approximate surface area is 81.8 Å². The standard InChI is InChI=1S/C9H16F3NO/c1-14-8(3-2-4-8)5-6-13-7-9(10,11)12/h13H,2-7H2,1H3. The summed E-state index contributed by atoms with van der Waals surface area (Å²) < 4.78 is 40.6. The van der Waals surface area contributed by atoms with Gasteiger partial charge in [-0.2, -0.15) is 13.2 Å². The molecule has 0 aromatic heterocycles. The second kappa shape index (κ2) is 4.49. The van der Waals surface area contributed by atoms with Gasteiger partial charge in [-0.1, -0.05) is 0 Å². The molecule has 1 aliphatic carbocycles. The lowest BCUT2D eigenvalue weighted by Crippen LogP contribution is -2.42. The normalized spacial score (nSPS) is 20.6. The average molecular weight is 211 g/mol. The van der Waals surface area contributed by atoms with Crippen LogP contribution in [0.5, 0.6) is 0 Å². The SMILES string of the molecule is COC1(CCNCC(F)(F)F)CCC1. The lowest BCUT2D eigenvalue weighted by atomic mass is 9.77. The molecule has 84 valence electrons. The first-order chi connectivity index (χ1) is 6.47. The topological polar surface area (TPSA) is 21.3 Å². The Bertz CT molecular complexity index is 172. The quantitative estimate of drug-likeness (QED) is 0.703. The zero-order chi connectivity index (χ0) is 10.7. The number of nitrogens with one attached hydrogen (secondary N) is 1. The fraction of sp³-hybridized carbons (Fsp3) is 1.00. The largest absolute Gasteiger partial charge is 0.401 e. The summed E-state index contributed by atoms with van der Waals surface area (Å²) in [5, 5.41) is 2.38. The fourth-order valence-electron chi connectivity index (χ4n) is 1.67. The third-order valence-electron chi connectivity index (χ3n) is 2.78. The van der Waals surface area contributed by atoms with Crippen LogP contribution >= 0.6 is 0 Å². The van der Waals surface area contributed by atoms with E-state index < -0.39 is 12.7 Å². The van der Waals surface area contributed by atoms with Gasteiger partial charge in [-0.3, -0.25) is 0 Å². The van der Waals surface area contributed by atoms with Crippen LogP contribution < -0.4 is 5.32 Å². The van der Waals surface area contributed by atoms with Crippen molar-refractivity contribution < 1.29 is 17.9 Å². The van der Waals surface area contributed by atoms with E-state index in [-0.39, 0.29) is 5.60 Å². The fourth-order valence-corrected chi connectivity index (χ4v) is 1.67. The maximum Gasteiger partial charge on any atom is 0.401 e. The van der Waals surface area contributed by atoms with E-state index in [0.29, 0.717) is 13.0 Å². The Morgan fingerprint density at radius 2 is 2.00 bits per heavy atom. The molecule has 0 heterocycles. The minimum absolute atomic E-state index is 0.140. The van der Waals surface area contributed by atoms with E-state index in [1.54, 1.807) is 7.11 Å². The van der Waals surface area contributed by atoms with Crippen molar-refractivity contribution in [1.29, 1.82) is 0 Å². The number of alkyl halides is 3. The molecule has 1 rings (SSSR count). The molecule has 0 bridgehead atoms. The van der Waals surface area contributed by atoms with Gasteiger partial charge >= 0.3 is 6.18 Å². The van der Waals surface area contributed by atoms with Crippen molar-refractivity contribution in [3.63, 3.8) is 0 Å². The highest BCUT2D eigenvalue weighted by atomic mass is 19.4. The molecule has 14 heavy (non-hydrogen) atoms. The molecular weight excluding hydrogens is 195 g/mol. The van der Waals surface area contributed by atoms with Gasteiger partial charge in [0.05, 0.1) is 12.1 Å². The first-order valence-electron chi connectivity index (χ1n) is 4.80. The van der Waals surface area contributed by atoms with Gasteiger partial charge in [-0.05, 0) is 32.2 Å². The highest BCUT2D eigenvalue weighted by Gasteiger charge is 2.36. The minimum Gasteiger partial charge on any atom is -0.378 e. The van der Waals surface area contributed by atoms with Crippen molar-refractivity contribution in [1.82, 2.24) is 5.32 Å². The van der Waals surface area contributed by atoms with Gasteiger partial charge in [0.1, 0.15) is 0 Å². The molecule has 1 N–H and O–H groups in total. The lowest BCUT2D eigenvalue weighted by molar-refractivity contribution is -0.126. The second-order valence-electron chi connectivity index (χ2n) is 3.78. The van der Waals surface area contributed by atoms with Gasteiger partial charge in [-0.25, -0.2) is 0 Å². The maximum absolute atomic E-state index is 11.8. The number of rotatable bonds is 5. The summed E-state index contributed by atoms with van der Waals surface area (Å²) in [6, 6.07) is 0. The molecule has 5 heteroatoms. The first-order valence-corrected chi connectivity index (χ1v) is 4.80. The first kappa shape index (κ1) is 11.8. The minimum atomic E-state index is -4.11. The zero-order valence-corrected chi connectivity index (χ0v) is 8.28. The van der Waals surface area contributed by atoms with Crippen LogP contribution in [0.4, 0.5) is 13.2 Å². The van der Waals surface area contributed by atoms with Crippen LogP contribution in [0.25, 0.3) is 0 Å². The molecule has 0 radical (unpaired) electrons. The van der Waals surface area contributed by atoms with Crippen molar-refractivity contribution in [3.05, 3.63) is 0 Å². The number of hydrogen-bond acceptors (Lipinski definition) is 2. The molecule has 1 fully saturated rings. The van der Waals surface area contributed by atoms with Gasteiger partial charge in [-0.15, -0.1) is 0 Å². The van der Waals surface area contributed by atoms with Crippen LogP contribution in [0.3, 0.4) is 0 Å². The highest BCUT2D eigenvalue weighted by Crippen LogP contribution is 2.37. The zero-order valence-electron chi connectivity index (χ0n) is 8.28. The van der Waals surface area contributed by atoms with Crippen molar-refractivity contribution in [2.75, 3.05) is 20.2 Å². The Kier molecular flexibility index (Phi) is 3.78. The third-order valence-corrected chi connectivity index (χ3v) is 2.78. The van der Waals surface area contributed by atoms with Crippen LogP contribution in [0.15, 0.2) is 0 Å². The average Bonchev–Trinajstić information content (AvgIpc) is 2.00. The van der Waals surface area contributed by atoms with Crippen LogP contribution in [0.2, 0.25) is 0 Å². The van der Waals surface area contributed by atoms with Crippen molar-refractivity contribution in [2.45, 2.75) is 37.5 Å². The molecule has 1 saturated carbocycles. The van der Waals surface area contributed by atoms with E-state index in [0.717, 1.165) is 19.3 Å². The highest BCUT2D eigenvalue weighted by molar-refractivity contribution is 4.89. The van der Waals surface area contributed by atoms with E-state index in [2.05, 4.69) is 5.32 Å². The number of ether oxygens (including phenoxy) is 1. The molecule has 0 spiro atoms. The van der Waals surface area contributed by atoms with Crippen molar-refractivity contribution in [2.24, 2.45) is 0 Å². The van der Waals surface area contributed by atoms with E-state index in [1.807, 2.05) is 0 Å². The van der Waals surface area contributed by atoms with Gasteiger partial charge in [0, 0.05) is 7.11 Å². The number of hydrogen-bond donors (Lipinski definition) is 1.